The summed E-state index contributed by atoms with van der Waals surface area (Å²) in [6, 6.07) is 4.79. The van der Waals surface area contributed by atoms with Crippen LogP contribution < -0.4 is 21.9 Å². The Morgan fingerprint density at radius 3 is 2.65 bits per heavy atom. The molecule has 1 saturated carbocycles. The first-order valence-electron chi connectivity index (χ1n) is 14.1. The number of allylic oxidation sites excluding steroid dienone is 9. The summed E-state index contributed by atoms with van der Waals surface area (Å²) in [4.78, 5) is 52.0. The van der Waals surface area contributed by atoms with Gasteiger partial charge >= 0.3 is 11.7 Å². The lowest BCUT2D eigenvalue weighted by Gasteiger charge is -2.26. The van der Waals surface area contributed by atoms with Gasteiger partial charge < -0.3 is 15.7 Å². The zero-order valence-electron chi connectivity index (χ0n) is 23.6. The minimum atomic E-state index is -1.27. The number of amides is 1. The summed E-state index contributed by atoms with van der Waals surface area (Å²) in [6.45, 7) is 0.642. The van der Waals surface area contributed by atoms with Gasteiger partial charge in [0.25, 0.3) is 11.5 Å². The monoisotopic (exact) mass is 622 g/mol. The van der Waals surface area contributed by atoms with Gasteiger partial charge in [-0.25, -0.2) is 14.2 Å². The number of hydrogen-bond donors (Lipinski definition) is 3. The number of nitrogens with one attached hydrogen (secondary N) is 2. The number of nitrogens with zero attached hydrogens (tertiary/aromatic N) is 2. The van der Waals surface area contributed by atoms with Crippen LogP contribution in [-0.2, 0) is 23.2 Å². The minimum absolute atomic E-state index is 0.0300. The first kappa shape index (κ1) is 30.5. The number of carboxylic acid groups (broad SMARTS) is 1. The number of carbonyl (C=O) groups is 2. The summed E-state index contributed by atoms with van der Waals surface area (Å²) in [5, 5.41) is 16.7. The van der Waals surface area contributed by atoms with Crippen LogP contribution in [0.2, 0.25) is 0 Å². The molecule has 224 valence electrons. The predicted molar refractivity (Wildman–Crippen MR) is 169 cm³/mol. The molecule has 11 heteroatoms. The van der Waals surface area contributed by atoms with Crippen LogP contribution in [0.15, 0.2) is 91.5 Å². The molecule has 43 heavy (non-hydrogen) atoms. The van der Waals surface area contributed by atoms with Crippen molar-refractivity contribution in [2.24, 2.45) is 7.05 Å². The zero-order chi connectivity index (χ0) is 30.7. The molecule has 5 rings (SSSR count). The number of aromatic nitrogens is 2. The van der Waals surface area contributed by atoms with E-state index in [2.05, 4.69) is 10.6 Å². The largest absolute Gasteiger partial charge is 0.480 e. The summed E-state index contributed by atoms with van der Waals surface area (Å²) in [7, 11) is 1.63. The van der Waals surface area contributed by atoms with Gasteiger partial charge in [-0.1, -0.05) is 66.1 Å². The number of rotatable bonds is 9. The maximum absolute atomic E-state index is 13.6. The minimum Gasteiger partial charge on any atom is -0.480 e. The molecule has 0 radical (unpaired) electrons. The molecular formula is C32H32Cl2N4O5. The van der Waals surface area contributed by atoms with Crippen LogP contribution in [0.4, 0.5) is 0 Å². The highest BCUT2D eigenvalue weighted by Gasteiger charge is 2.26. The lowest BCUT2D eigenvalue weighted by atomic mass is 9.93. The summed E-state index contributed by atoms with van der Waals surface area (Å²) < 4.78 is 2.59. The van der Waals surface area contributed by atoms with E-state index < -0.39 is 29.2 Å². The van der Waals surface area contributed by atoms with Gasteiger partial charge in [-0.05, 0) is 54.7 Å². The highest BCUT2D eigenvalue weighted by molar-refractivity contribution is 6.40. The lowest BCUT2D eigenvalue weighted by Crippen LogP contribution is -2.42. The Labute approximate surface area is 258 Å². The van der Waals surface area contributed by atoms with Crippen molar-refractivity contribution in [1.29, 1.82) is 0 Å². The van der Waals surface area contributed by atoms with Crippen molar-refractivity contribution in [2.75, 3.05) is 0 Å². The smallest absolute Gasteiger partial charge is 0.335 e. The van der Waals surface area contributed by atoms with Gasteiger partial charge in [0, 0.05) is 37.5 Å². The van der Waals surface area contributed by atoms with E-state index in [0.717, 1.165) is 23.0 Å². The van der Waals surface area contributed by atoms with Gasteiger partial charge in [0.1, 0.15) is 6.04 Å². The topological polar surface area (TPSA) is 122 Å². The molecule has 1 aromatic heterocycles. The number of carbonyl (C=O) groups excluding carboxylic acids is 1. The van der Waals surface area contributed by atoms with Gasteiger partial charge in [0.15, 0.2) is 0 Å². The van der Waals surface area contributed by atoms with Gasteiger partial charge in [0.2, 0.25) is 0 Å². The third-order valence-corrected chi connectivity index (χ3v) is 8.58. The number of hydrogen-bond acceptors (Lipinski definition) is 5. The van der Waals surface area contributed by atoms with Gasteiger partial charge in [0.05, 0.1) is 27.2 Å². The number of benzene rings is 1. The molecule has 1 aromatic carbocycles. The van der Waals surface area contributed by atoms with Crippen LogP contribution in [0, 0.1) is 0 Å². The third kappa shape index (κ3) is 6.69. The molecule has 3 aliphatic carbocycles. The molecule has 0 spiro atoms. The Balaban J connectivity index is 1.36. The third-order valence-electron chi connectivity index (χ3n) is 7.92. The van der Waals surface area contributed by atoms with E-state index in [4.69, 9.17) is 23.2 Å². The number of aliphatic carboxylic acids is 1. The Morgan fingerprint density at radius 1 is 1.14 bits per heavy atom. The standard InChI is InChI=1S/C32H32Cl2N4O5/c1-37-27-15-13-20(18-35-21-7-5-8-21)16-23(27)30(40)38(32(37)43)22-9-4-6-19(12-14-22)17-26(31(41)42)36-29(39)28-24(33)10-2-3-11-25(28)34/h2-3,6,9-10,12-16,21,26,35H,4-5,7-8,11,17-18H2,1H3,(H,36,39)(H,41,42). The Hall–Kier alpha value is -3.92. The van der Waals surface area contributed by atoms with Crippen molar-refractivity contribution in [3.8, 4) is 0 Å². The van der Waals surface area contributed by atoms with E-state index in [9.17, 15) is 24.3 Å². The fourth-order valence-electron chi connectivity index (χ4n) is 5.23. The van der Waals surface area contributed by atoms with E-state index in [-0.39, 0.29) is 22.1 Å². The van der Waals surface area contributed by atoms with Gasteiger partial charge in [-0.3, -0.25) is 14.2 Å². The fraction of sp³-hybridized carbons (Fsp3) is 0.312. The molecule has 1 fully saturated rings. The molecule has 0 bridgehead atoms. The highest BCUT2D eigenvalue weighted by atomic mass is 35.5. The van der Waals surface area contributed by atoms with Crippen molar-refractivity contribution in [3.05, 3.63) is 108 Å². The first-order chi connectivity index (χ1) is 20.6. The Bertz CT molecular complexity index is 1790. The average molecular weight is 624 g/mol. The second kappa shape index (κ2) is 13.2. The second-order valence-corrected chi connectivity index (χ2v) is 11.7. The fourth-order valence-corrected chi connectivity index (χ4v) is 5.83. The number of halogens is 2. The molecule has 3 N–H and O–H groups in total. The van der Waals surface area contributed by atoms with Crippen LogP contribution in [0.1, 0.15) is 44.1 Å². The van der Waals surface area contributed by atoms with E-state index >= 15 is 0 Å². The van der Waals surface area contributed by atoms with E-state index in [0.29, 0.717) is 47.6 Å². The van der Waals surface area contributed by atoms with Crippen molar-refractivity contribution in [2.45, 2.75) is 57.2 Å². The predicted octanol–water partition coefficient (Wildman–Crippen LogP) is 4.60. The molecule has 0 aliphatic heterocycles. The molecule has 9 nitrogen and oxygen atoms in total. The average Bonchev–Trinajstić information content (AvgIpc) is 3.28. The van der Waals surface area contributed by atoms with Gasteiger partial charge in [-0.15, -0.1) is 0 Å². The maximum Gasteiger partial charge on any atom is 0.335 e. The van der Waals surface area contributed by atoms with Crippen molar-refractivity contribution >= 4 is 51.7 Å². The quantitative estimate of drug-likeness (QED) is 0.375. The molecule has 3 aliphatic rings. The van der Waals surface area contributed by atoms with E-state index in [1.54, 1.807) is 49.6 Å². The molecular weight excluding hydrogens is 591 g/mol. The van der Waals surface area contributed by atoms with Crippen LogP contribution in [0.25, 0.3) is 16.6 Å². The molecule has 2 aromatic rings. The first-order valence-corrected chi connectivity index (χ1v) is 14.9. The van der Waals surface area contributed by atoms with Crippen LogP contribution >= 0.6 is 23.2 Å². The summed E-state index contributed by atoms with van der Waals surface area (Å²) in [6.07, 6.45) is 15.9. The van der Waals surface area contributed by atoms with Crippen LogP contribution in [-0.4, -0.2) is 38.2 Å². The summed E-state index contributed by atoms with van der Waals surface area (Å²) >= 11 is 12.5. The SMILES string of the molecule is Cn1c(=O)n(C2=CCC=C(CC(NC(=O)C3=C(Cl)CC=CC=C3Cl)C(=O)O)C=C2)c(=O)c2cc(CNC3CCC3)ccc21. The molecule has 1 atom stereocenters. The Morgan fingerprint density at radius 2 is 1.93 bits per heavy atom. The lowest BCUT2D eigenvalue weighted by molar-refractivity contribution is -0.141. The normalized spacial score (nSPS) is 17.9. The molecule has 1 unspecified atom stereocenters. The number of aryl methyl sites for hydroxylation is 1. The van der Waals surface area contributed by atoms with E-state index in [1.165, 1.54) is 17.1 Å². The van der Waals surface area contributed by atoms with Gasteiger partial charge in [-0.2, -0.15) is 0 Å². The highest BCUT2D eigenvalue weighted by Crippen LogP contribution is 2.27. The molecule has 0 saturated heterocycles. The second-order valence-electron chi connectivity index (χ2n) is 10.8. The van der Waals surface area contributed by atoms with Crippen molar-refractivity contribution in [3.63, 3.8) is 0 Å². The van der Waals surface area contributed by atoms with Crippen LogP contribution in [0.3, 0.4) is 0 Å². The Kier molecular flexibility index (Phi) is 9.34. The molecule has 1 heterocycles. The van der Waals surface area contributed by atoms with Crippen molar-refractivity contribution in [1.82, 2.24) is 19.8 Å². The number of fused-ring (bicyclic) bond motifs is 1. The van der Waals surface area contributed by atoms with Crippen molar-refractivity contribution < 1.29 is 14.7 Å². The summed E-state index contributed by atoms with van der Waals surface area (Å²) in [5.74, 6) is -1.92. The zero-order valence-corrected chi connectivity index (χ0v) is 25.1. The summed E-state index contributed by atoms with van der Waals surface area (Å²) in [5.41, 5.74) is 1.62. The van der Waals surface area contributed by atoms with E-state index in [1.807, 2.05) is 12.1 Å². The molecule has 1 amide bonds. The maximum atomic E-state index is 13.6. The number of carboxylic acids is 1. The van der Waals surface area contributed by atoms with Crippen LogP contribution in [0.5, 0.6) is 0 Å².